The highest BCUT2D eigenvalue weighted by Gasteiger charge is 2.16. The highest BCUT2D eigenvalue weighted by Crippen LogP contribution is 2.35. The fourth-order valence-electron chi connectivity index (χ4n) is 1.78. The van der Waals surface area contributed by atoms with Crippen molar-refractivity contribution in [2.45, 2.75) is 13.0 Å². The van der Waals surface area contributed by atoms with Gasteiger partial charge < -0.3 is 9.84 Å². The highest BCUT2D eigenvalue weighted by molar-refractivity contribution is 6.35. The Hall–Kier alpha value is -1.71. The quantitative estimate of drug-likeness (QED) is 0.900. The molecule has 0 amide bonds. The average molecular weight is 311 g/mol. The molecule has 3 nitrogen and oxygen atoms in total. The van der Waals surface area contributed by atoms with Crippen LogP contribution in [0.5, 0.6) is 5.75 Å². The fourth-order valence-corrected chi connectivity index (χ4v) is 2.22. The van der Waals surface area contributed by atoms with Crippen molar-refractivity contribution in [3.8, 4) is 5.75 Å². The van der Waals surface area contributed by atoms with Crippen LogP contribution in [0.1, 0.15) is 11.1 Å². The maximum absolute atomic E-state index is 10.9. The molecule has 0 unspecified atom stereocenters. The predicted octanol–water partition coefficient (Wildman–Crippen LogP) is 4.20. The van der Waals surface area contributed by atoms with Crippen LogP contribution in [0, 0.1) is 0 Å². The zero-order valence-electron chi connectivity index (χ0n) is 10.5. The molecule has 0 spiro atoms. The lowest BCUT2D eigenvalue weighted by Gasteiger charge is -2.13. The van der Waals surface area contributed by atoms with E-state index < -0.39 is 5.97 Å². The van der Waals surface area contributed by atoms with Gasteiger partial charge in [-0.05, 0) is 17.7 Å². The molecule has 0 bridgehead atoms. The molecule has 0 saturated carbocycles. The van der Waals surface area contributed by atoms with Crippen LogP contribution in [0.4, 0.5) is 0 Å². The molecule has 20 heavy (non-hydrogen) atoms. The molecule has 0 fully saturated rings. The molecule has 0 saturated heterocycles. The van der Waals surface area contributed by atoms with Gasteiger partial charge in [0.2, 0.25) is 0 Å². The first-order chi connectivity index (χ1) is 9.58. The molecule has 1 N–H and O–H groups in total. The van der Waals surface area contributed by atoms with Gasteiger partial charge in [-0.2, -0.15) is 0 Å². The molecule has 0 aliphatic heterocycles. The molecule has 104 valence electrons. The van der Waals surface area contributed by atoms with Gasteiger partial charge in [0.15, 0.2) is 0 Å². The van der Waals surface area contributed by atoms with E-state index in [0.717, 1.165) is 5.56 Å². The Morgan fingerprint density at radius 1 is 1.05 bits per heavy atom. The molecule has 0 heterocycles. The number of carbonyl (C=O) groups is 1. The van der Waals surface area contributed by atoms with Crippen molar-refractivity contribution >= 4 is 29.2 Å². The fraction of sp³-hybridized carbons (Fsp3) is 0.133. The molecular weight excluding hydrogens is 299 g/mol. The van der Waals surface area contributed by atoms with Crippen LogP contribution in [0.15, 0.2) is 42.5 Å². The lowest BCUT2D eigenvalue weighted by Crippen LogP contribution is -2.05. The smallest absolute Gasteiger partial charge is 0.308 e. The zero-order chi connectivity index (χ0) is 14.5. The Bertz CT molecular complexity index is 612. The predicted molar refractivity (Wildman–Crippen MR) is 78.6 cm³/mol. The Kier molecular flexibility index (Phi) is 4.88. The van der Waals surface area contributed by atoms with E-state index in [1.807, 2.05) is 30.3 Å². The standard InChI is InChI=1S/C15H12Cl2O3/c16-12-6-7-13(17)15(11(12)8-14(18)19)20-9-10-4-2-1-3-5-10/h1-7H,8-9H2,(H,18,19). The van der Waals surface area contributed by atoms with E-state index in [1.54, 1.807) is 12.1 Å². The second kappa shape index (κ2) is 6.64. The van der Waals surface area contributed by atoms with Gasteiger partial charge in [0.1, 0.15) is 12.4 Å². The Balaban J connectivity index is 2.25. The average Bonchev–Trinajstić information content (AvgIpc) is 2.43. The van der Waals surface area contributed by atoms with Crippen molar-refractivity contribution in [3.63, 3.8) is 0 Å². The van der Waals surface area contributed by atoms with Crippen molar-refractivity contribution in [2.24, 2.45) is 0 Å². The summed E-state index contributed by atoms with van der Waals surface area (Å²) in [6.45, 7) is 0.299. The molecule has 0 aromatic heterocycles. The molecule has 5 heteroatoms. The zero-order valence-corrected chi connectivity index (χ0v) is 12.0. The van der Waals surface area contributed by atoms with Crippen molar-refractivity contribution < 1.29 is 14.6 Å². The van der Waals surface area contributed by atoms with E-state index >= 15 is 0 Å². The number of aliphatic carboxylic acids is 1. The minimum atomic E-state index is -0.987. The lowest BCUT2D eigenvalue weighted by molar-refractivity contribution is -0.136. The summed E-state index contributed by atoms with van der Waals surface area (Å²) in [7, 11) is 0. The summed E-state index contributed by atoms with van der Waals surface area (Å²) in [4.78, 5) is 10.9. The molecular formula is C15H12Cl2O3. The number of ether oxygens (including phenoxy) is 1. The van der Waals surface area contributed by atoms with Crippen LogP contribution in [0.3, 0.4) is 0 Å². The van der Waals surface area contributed by atoms with Crippen LogP contribution in [-0.2, 0) is 17.8 Å². The van der Waals surface area contributed by atoms with Crippen LogP contribution in [0.25, 0.3) is 0 Å². The van der Waals surface area contributed by atoms with Crippen molar-refractivity contribution in [1.82, 2.24) is 0 Å². The third-order valence-corrected chi connectivity index (χ3v) is 3.36. The van der Waals surface area contributed by atoms with Crippen LogP contribution < -0.4 is 4.74 Å². The Labute approximate surface area is 126 Å². The first-order valence-corrected chi connectivity index (χ1v) is 6.69. The maximum atomic E-state index is 10.9. The monoisotopic (exact) mass is 310 g/mol. The van der Waals surface area contributed by atoms with Crippen LogP contribution in [0.2, 0.25) is 10.0 Å². The topological polar surface area (TPSA) is 46.5 Å². The molecule has 2 rings (SSSR count). The number of benzene rings is 2. The van der Waals surface area contributed by atoms with E-state index in [2.05, 4.69) is 0 Å². The summed E-state index contributed by atoms with van der Waals surface area (Å²) in [5.41, 5.74) is 1.35. The minimum absolute atomic E-state index is 0.233. The minimum Gasteiger partial charge on any atom is -0.487 e. The second-order valence-electron chi connectivity index (χ2n) is 4.18. The number of hydrogen-bond donors (Lipinski definition) is 1. The first-order valence-electron chi connectivity index (χ1n) is 5.93. The molecule has 0 radical (unpaired) electrons. The Morgan fingerprint density at radius 2 is 1.70 bits per heavy atom. The number of halogens is 2. The van der Waals surface area contributed by atoms with Crippen molar-refractivity contribution in [2.75, 3.05) is 0 Å². The van der Waals surface area contributed by atoms with Gasteiger partial charge in [-0.25, -0.2) is 0 Å². The van der Waals surface area contributed by atoms with E-state index in [0.29, 0.717) is 28.0 Å². The SMILES string of the molecule is O=C(O)Cc1c(Cl)ccc(Cl)c1OCc1ccccc1. The maximum Gasteiger partial charge on any atom is 0.308 e. The molecule has 2 aromatic carbocycles. The summed E-state index contributed by atoms with van der Waals surface area (Å²) in [6.07, 6.45) is -0.233. The Morgan fingerprint density at radius 3 is 2.35 bits per heavy atom. The molecule has 0 atom stereocenters. The van der Waals surface area contributed by atoms with Crippen LogP contribution in [-0.4, -0.2) is 11.1 Å². The number of carboxylic acids is 1. The normalized spacial score (nSPS) is 10.3. The summed E-state index contributed by atoms with van der Waals surface area (Å²) >= 11 is 12.1. The van der Waals surface area contributed by atoms with Crippen LogP contribution >= 0.6 is 23.2 Å². The second-order valence-corrected chi connectivity index (χ2v) is 5.00. The van der Waals surface area contributed by atoms with Crippen molar-refractivity contribution in [1.29, 1.82) is 0 Å². The summed E-state index contributed by atoms with van der Waals surface area (Å²) in [5, 5.41) is 9.62. The summed E-state index contributed by atoms with van der Waals surface area (Å²) in [5.74, 6) is -0.663. The van der Waals surface area contributed by atoms with E-state index in [4.69, 9.17) is 33.0 Å². The molecule has 0 aliphatic carbocycles. The third kappa shape index (κ3) is 3.65. The van der Waals surface area contributed by atoms with Gasteiger partial charge in [-0.15, -0.1) is 0 Å². The van der Waals surface area contributed by atoms with Gasteiger partial charge in [0, 0.05) is 10.6 Å². The van der Waals surface area contributed by atoms with Gasteiger partial charge in [0.05, 0.1) is 11.4 Å². The summed E-state index contributed by atoms with van der Waals surface area (Å²) in [6, 6.07) is 12.7. The van der Waals surface area contributed by atoms with E-state index in [-0.39, 0.29) is 6.42 Å². The largest absolute Gasteiger partial charge is 0.487 e. The number of rotatable bonds is 5. The molecule has 2 aromatic rings. The molecule has 0 aliphatic rings. The third-order valence-electron chi connectivity index (χ3n) is 2.71. The van der Waals surface area contributed by atoms with Crippen molar-refractivity contribution in [3.05, 3.63) is 63.6 Å². The van der Waals surface area contributed by atoms with Gasteiger partial charge in [-0.3, -0.25) is 4.79 Å². The summed E-state index contributed by atoms with van der Waals surface area (Å²) < 4.78 is 5.66. The van der Waals surface area contributed by atoms with Gasteiger partial charge in [0.25, 0.3) is 0 Å². The highest BCUT2D eigenvalue weighted by atomic mass is 35.5. The lowest BCUT2D eigenvalue weighted by atomic mass is 10.1. The van der Waals surface area contributed by atoms with Gasteiger partial charge >= 0.3 is 5.97 Å². The van der Waals surface area contributed by atoms with E-state index in [9.17, 15) is 4.79 Å². The number of carboxylic acid groups (broad SMARTS) is 1. The van der Waals surface area contributed by atoms with E-state index in [1.165, 1.54) is 0 Å². The number of hydrogen-bond acceptors (Lipinski definition) is 2. The van der Waals surface area contributed by atoms with Gasteiger partial charge in [-0.1, -0.05) is 53.5 Å². The first kappa shape index (κ1) is 14.7.